The summed E-state index contributed by atoms with van der Waals surface area (Å²) >= 11 is 0. The molecule has 1 saturated carbocycles. The molecule has 0 atom stereocenters. The van der Waals surface area contributed by atoms with Crippen molar-refractivity contribution in [3.8, 4) is 0 Å². The minimum atomic E-state index is -0.226. The Labute approximate surface area is 110 Å². The Kier molecular flexibility index (Phi) is 2.94. The molecule has 3 rings (SSSR count). The van der Waals surface area contributed by atoms with E-state index in [0.717, 1.165) is 18.7 Å². The molecule has 0 aliphatic heterocycles. The molecule has 19 heavy (non-hydrogen) atoms. The lowest BCUT2D eigenvalue weighted by molar-refractivity contribution is 0.0944. The fourth-order valence-corrected chi connectivity index (χ4v) is 1.88. The second-order valence-corrected chi connectivity index (χ2v) is 4.56. The van der Waals surface area contributed by atoms with Gasteiger partial charge in [0, 0.05) is 12.2 Å². The predicted octanol–water partition coefficient (Wildman–Crippen LogP) is 0.641. The Morgan fingerprint density at radius 1 is 1.53 bits per heavy atom. The SMILES string of the molecule is Cc1nccc(C(=O)NCc2nncn2C2CC2)n1. The van der Waals surface area contributed by atoms with Gasteiger partial charge in [0.2, 0.25) is 0 Å². The molecular formula is C12H14N6O. The van der Waals surface area contributed by atoms with Gasteiger partial charge in [-0.15, -0.1) is 10.2 Å². The fourth-order valence-electron chi connectivity index (χ4n) is 1.88. The average Bonchev–Trinajstić information content (AvgIpc) is 3.15. The lowest BCUT2D eigenvalue weighted by Crippen LogP contribution is -2.25. The molecule has 1 aliphatic carbocycles. The number of nitrogens with one attached hydrogen (secondary N) is 1. The first kappa shape index (κ1) is 11.8. The zero-order valence-electron chi connectivity index (χ0n) is 10.6. The molecular weight excluding hydrogens is 244 g/mol. The molecule has 7 heteroatoms. The lowest BCUT2D eigenvalue weighted by Gasteiger charge is -2.06. The van der Waals surface area contributed by atoms with Crippen molar-refractivity contribution in [1.29, 1.82) is 0 Å². The molecule has 0 unspecified atom stereocenters. The van der Waals surface area contributed by atoms with E-state index in [2.05, 4.69) is 25.5 Å². The molecule has 1 fully saturated rings. The number of carbonyl (C=O) groups is 1. The highest BCUT2D eigenvalue weighted by molar-refractivity contribution is 5.92. The Hall–Kier alpha value is -2.31. The molecule has 0 spiro atoms. The number of nitrogens with zero attached hydrogens (tertiary/aromatic N) is 5. The van der Waals surface area contributed by atoms with Gasteiger partial charge in [-0.3, -0.25) is 4.79 Å². The van der Waals surface area contributed by atoms with E-state index in [9.17, 15) is 4.79 Å². The fraction of sp³-hybridized carbons (Fsp3) is 0.417. The Morgan fingerprint density at radius 2 is 2.37 bits per heavy atom. The van der Waals surface area contributed by atoms with Gasteiger partial charge in [0.05, 0.1) is 6.54 Å². The predicted molar refractivity (Wildman–Crippen MR) is 66.2 cm³/mol. The van der Waals surface area contributed by atoms with E-state index in [1.54, 1.807) is 25.5 Å². The van der Waals surface area contributed by atoms with Crippen LogP contribution in [0, 0.1) is 6.92 Å². The Morgan fingerprint density at radius 3 is 3.11 bits per heavy atom. The summed E-state index contributed by atoms with van der Waals surface area (Å²) in [5, 5.41) is 10.7. The summed E-state index contributed by atoms with van der Waals surface area (Å²) in [6.45, 7) is 2.11. The lowest BCUT2D eigenvalue weighted by atomic mass is 10.3. The summed E-state index contributed by atoms with van der Waals surface area (Å²) in [7, 11) is 0. The number of hydrogen-bond acceptors (Lipinski definition) is 5. The number of hydrogen-bond donors (Lipinski definition) is 1. The molecule has 1 amide bonds. The molecule has 2 heterocycles. The van der Waals surface area contributed by atoms with Crippen LogP contribution in [0.15, 0.2) is 18.6 Å². The van der Waals surface area contributed by atoms with E-state index < -0.39 is 0 Å². The van der Waals surface area contributed by atoms with Crippen molar-refractivity contribution in [3.63, 3.8) is 0 Å². The van der Waals surface area contributed by atoms with Crippen molar-refractivity contribution in [2.24, 2.45) is 0 Å². The van der Waals surface area contributed by atoms with Gasteiger partial charge in [-0.1, -0.05) is 0 Å². The second-order valence-electron chi connectivity index (χ2n) is 4.56. The van der Waals surface area contributed by atoms with Crippen LogP contribution in [0.1, 0.15) is 41.0 Å². The zero-order valence-corrected chi connectivity index (χ0v) is 10.6. The molecule has 0 aromatic carbocycles. The van der Waals surface area contributed by atoms with Crippen LogP contribution in [0.5, 0.6) is 0 Å². The summed E-state index contributed by atoms with van der Waals surface area (Å²) in [5.74, 6) is 1.13. The van der Waals surface area contributed by atoms with Gasteiger partial charge >= 0.3 is 0 Å². The third kappa shape index (κ3) is 2.59. The van der Waals surface area contributed by atoms with Crippen LogP contribution >= 0.6 is 0 Å². The summed E-state index contributed by atoms with van der Waals surface area (Å²) in [6.07, 6.45) is 5.60. The smallest absolute Gasteiger partial charge is 0.270 e. The summed E-state index contributed by atoms with van der Waals surface area (Å²) in [5.41, 5.74) is 0.366. The molecule has 0 saturated heterocycles. The van der Waals surface area contributed by atoms with E-state index in [-0.39, 0.29) is 5.91 Å². The summed E-state index contributed by atoms with van der Waals surface area (Å²) in [6, 6.07) is 2.09. The summed E-state index contributed by atoms with van der Waals surface area (Å²) in [4.78, 5) is 20.0. The second kappa shape index (κ2) is 4.75. The molecule has 98 valence electrons. The maximum Gasteiger partial charge on any atom is 0.270 e. The Balaban J connectivity index is 1.65. The van der Waals surface area contributed by atoms with Gasteiger partial charge in [-0.05, 0) is 25.8 Å². The van der Waals surface area contributed by atoms with Crippen LogP contribution in [0.2, 0.25) is 0 Å². The van der Waals surface area contributed by atoms with Crippen molar-refractivity contribution in [3.05, 3.63) is 35.9 Å². The van der Waals surface area contributed by atoms with Crippen LogP contribution in [0.4, 0.5) is 0 Å². The van der Waals surface area contributed by atoms with E-state index in [4.69, 9.17) is 0 Å². The number of amides is 1. The van der Waals surface area contributed by atoms with Gasteiger partial charge in [-0.2, -0.15) is 0 Å². The molecule has 0 radical (unpaired) electrons. The topological polar surface area (TPSA) is 85.6 Å². The molecule has 0 bridgehead atoms. The minimum absolute atomic E-state index is 0.226. The van der Waals surface area contributed by atoms with Gasteiger partial charge < -0.3 is 9.88 Å². The number of rotatable bonds is 4. The minimum Gasteiger partial charge on any atom is -0.343 e. The van der Waals surface area contributed by atoms with E-state index in [1.807, 2.05) is 4.57 Å². The Bertz CT molecular complexity index is 604. The van der Waals surface area contributed by atoms with Crippen LogP contribution in [0.25, 0.3) is 0 Å². The van der Waals surface area contributed by atoms with Gasteiger partial charge in [-0.25, -0.2) is 9.97 Å². The van der Waals surface area contributed by atoms with Crippen LogP contribution in [-0.4, -0.2) is 30.6 Å². The van der Waals surface area contributed by atoms with Crippen molar-refractivity contribution >= 4 is 5.91 Å². The van der Waals surface area contributed by atoms with Crippen molar-refractivity contribution in [2.75, 3.05) is 0 Å². The molecule has 2 aromatic heterocycles. The molecule has 1 aliphatic rings. The first-order valence-electron chi connectivity index (χ1n) is 6.20. The molecule has 1 N–H and O–H groups in total. The van der Waals surface area contributed by atoms with Gasteiger partial charge in [0.1, 0.15) is 17.8 Å². The standard InChI is InChI=1S/C12H14N6O/c1-8-13-5-4-10(16-8)12(19)14-6-11-17-15-7-18(11)9-2-3-9/h4-5,7,9H,2-3,6H2,1H3,(H,14,19). The molecule has 7 nitrogen and oxygen atoms in total. The van der Waals surface area contributed by atoms with Crippen LogP contribution in [-0.2, 0) is 6.54 Å². The van der Waals surface area contributed by atoms with Crippen molar-refractivity contribution < 1.29 is 4.79 Å². The quantitative estimate of drug-likeness (QED) is 0.869. The average molecular weight is 258 g/mol. The normalized spacial score (nSPS) is 14.4. The highest BCUT2D eigenvalue weighted by atomic mass is 16.1. The maximum atomic E-state index is 11.9. The monoisotopic (exact) mass is 258 g/mol. The van der Waals surface area contributed by atoms with Gasteiger partial charge in [0.15, 0.2) is 5.82 Å². The van der Waals surface area contributed by atoms with Crippen LogP contribution < -0.4 is 5.32 Å². The maximum absolute atomic E-state index is 11.9. The number of aryl methyl sites for hydroxylation is 1. The summed E-state index contributed by atoms with van der Waals surface area (Å²) < 4.78 is 2.02. The van der Waals surface area contributed by atoms with Gasteiger partial charge in [0.25, 0.3) is 5.91 Å². The zero-order chi connectivity index (χ0) is 13.2. The first-order valence-corrected chi connectivity index (χ1v) is 6.20. The van der Waals surface area contributed by atoms with Crippen molar-refractivity contribution in [1.82, 2.24) is 30.0 Å². The highest BCUT2D eigenvalue weighted by Gasteiger charge is 2.26. The highest BCUT2D eigenvalue weighted by Crippen LogP contribution is 2.35. The third-order valence-electron chi connectivity index (χ3n) is 3.00. The van der Waals surface area contributed by atoms with E-state index >= 15 is 0 Å². The van der Waals surface area contributed by atoms with Crippen LogP contribution in [0.3, 0.4) is 0 Å². The largest absolute Gasteiger partial charge is 0.343 e. The third-order valence-corrected chi connectivity index (χ3v) is 3.00. The van der Waals surface area contributed by atoms with E-state index in [0.29, 0.717) is 24.1 Å². The first-order chi connectivity index (χ1) is 9.24. The van der Waals surface area contributed by atoms with E-state index in [1.165, 1.54) is 0 Å². The number of carbonyl (C=O) groups excluding carboxylic acids is 1. The number of aromatic nitrogens is 5. The molecule has 2 aromatic rings. The van der Waals surface area contributed by atoms with Crippen molar-refractivity contribution in [2.45, 2.75) is 32.4 Å².